The maximum absolute atomic E-state index is 5.61. The molecule has 0 fully saturated rings. The van der Waals surface area contributed by atoms with Gasteiger partial charge in [0, 0.05) is 50.1 Å². The second-order valence-electron chi connectivity index (χ2n) is 17.8. The number of nitrogens with zero attached hydrogens (tertiary/aromatic N) is 2. The summed E-state index contributed by atoms with van der Waals surface area (Å²) in [6.45, 7) is 4.60. The molecule has 0 radical (unpaired) electrons. The van der Waals surface area contributed by atoms with E-state index in [2.05, 4.69) is 123 Å². The molecule has 0 bridgehead atoms. The van der Waals surface area contributed by atoms with Crippen LogP contribution in [0.4, 0.5) is 0 Å². The summed E-state index contributed by atoms with van der Waals surface area (Å²) >= 11 is 9.63. The van der Waals surface area contributed by atoms with Crippen molar-refractivity contribution in [3.05, 3.63) is 119 Å². The number of fused-ring (bicyclic) bond motifs is 1. The van der Waals surface area contributed by atoms with Gasteiger partial charge in [-0.3, -0.25) is 0 Å². The van der Waals surface area contributed by atoms with E-state index in [1.807, 2.05) is 56.7 Å². The lowest BCUT2D eigenvalue weighted by molar-refractivity contribution is 0.557. The van der Waals surface area contributed by atoms with Gasteiger partial charge in [-0.2, -0.15) is 0 Å². The molecule has 0 aliphatic heterocycles. The quantitative estimate of drug-likeness (QED) is 0.0457. The summed E-state index contributed by atoms with van der Waals surface area (Å²) in [4.78, 5) is 24.6. The van der Waals surface area contributed by atoms with E-state index in [-0.39, 0.29) is 0 Å². The third-order valence-electron chi connectivity index (χ3n) is 12.6. The lowest BCUT2D eigenvalue weighted by Gasteiger charge is -2.10. The number of aryl methyl sites for hydroxylation is 2. The molecule has 0 unspecified atom stereocenters. The molecule has 6 heterocycles. The van der Waals surface area contributed by atoms with Crippen LogP contribution >= 0.6 is 56.7 Å². The summed E-state index contributed by atoms with van der Waals surface area (Å²) in [5, 5.41) is 0. The lowest BCUT2D eigenvalue weighted by atomic mass is 10.0. The van der Waals surface area contributed by atoms with E-state index in [4.69, 9.17) is 9.97 Å². The number of benzene rings is 2. The van der Waals surface area contributed by atoms with Crippen LogP contribution in [0.1, 0.15) is 152 Å². The molecule has 0 amide bonds. The number of rotatable bonds is 28. The van der Waals surface area contributed by atoms with Gasteiger partial charge >= 0.3 is 0 Å². The molecular formula is C58H68N2S5. The van der Waals surface area contributed by atoms with Crippen LogP contribution in [0, 0.1) is 0 Å². The number of unbranched alkanes of at least 4 members (excludes halogenated alkanes) is 18. The molecule has 0 saturated carbocycles. The maximum atomic E-state index is 5.61. The molecule has 0 saturated heterocycles. The van der Waals surface area contributed by atoms with Crippen molar-refractivity contribution in [1.29, 1.82) is 0 Å². The fourth-order valence-corrected chi connectivity index (χ4v) is 14.6. The molecule has 7 heteroatoms. The number of aromatic nitrogens is 2. The van der Waals surface area contributed by atoms with Gasteiger partial charge in [-0.15, -0.1) is 56.7 Å². The van der Waals surface area contributed by atoms with Gasteiger partial charge in [0.15, 0.2) is 0 Å². The first kappa shape index (κ1) is 47.8. The van der Waals surface area contributed by atoms with Gasteiger partial charge in [0.2, 0.25) is 0 Å². The average molecular weight is 954 g/mol. The van der Waals surface area contributed by atoms with Crippen molar-refractivity contribution >= 4 is 67.7 Å². The number of thiophene rings is 5. The SMILES string of the molecule is CCCCCCCCCCCCc1ccc(-c2ccc(-c3sc(-c4ccc(-c5ccc(CCCCCCCCCCCC)s5)s4)c4nc(-c5ccccc5)c(-c5ccccc5)nc34)s2)s1. The van der Waals surface area contributed by atoms with Gasteiger partial charge in [-0.05, 0) is 74.2 Å². The monoisotopic (exact) mass is 952 g/mol. The molecule has 6 aromatic heterocycles. The average Bonchev–Trinajstić information content (AvgIpc) is 4.21. The summed E-state index contributed by atoms with van der Waals surface area (Å²) in [5.41, 5.74) is 6.03. The van der Waals surface area contributed by atoms with Gasteiger partial charge in [0.05, 0.1) is 21.1 Å². The molecule has 2 aromatic carbocycles. The Morgan fingerprint density at radius 3 is 1.02 bits per heavy atom. The van der Waals surface area contributed by atoms with Crippen molar-refractivity contribution in [3.63, 3.8) is 0 Å². The number of hydrogen-bond acceptors (Lipinski definition) is 7. The van der Waals surface area contributed by atoms with E-state index in [1.165, 1.54) is 190 Å². The predicted molar refractivity (Wildman–Crippen MR) is 293 cm³/mol. The Morgan fingerprint density at radius 1 is 0.308 bits per heavy atom. The maximum Gasteiger partial charge on any atom is 0.110 e. The molecule has 0 spiro atoms. The fourth-order valence-electron chi connectivity index (χ4n) is 8.93. The molecule has 0 N–H and O–H groups in total. The number of hydrogen-bond donors (Lipinski definition) is 0. The Labute approximate surface area is 410 Å². The Hall–Kier alpha value is -3.72. The van der Waals surface area contributed by atoms with E-state index in [0.29, 0.717) is 0 Å². The lowest BCUT2D eigenvalue weighted by Crippen LogP contribution is -1.95. The second-order valence-corrected chi connectivity index (χ2v) is 23.4. The minimum Gasteiger partial charge on any atom is -0.242 e. The van der Waals surface area contributed by atoms with Crippen LogP contribution in [-0.2, 0) is 12.8 Å². The minimum absolute atomic E-state index is 0.932. The minimum atomic E-state index is 0.932. The third kappa shape index (κ3) is 13.3. The van der Waals surface area contributed by atoms with Crippen LogP contribution in [0.15, 0.2) is 109 Å². The molecule has 0 atom stereocenters. The van der Waals surface area contributed by atoms with Crippen LogP contribution in [-0.4, -0.2) is 9.97 Å². The van der Waals surface area contributed by atoms with E-state index >= 15 is 0 Å². The Morgan fingerprint density at radius 2 is 0.631 bits per heavy atom. The predicted octanol–water partition coefficient (Wildman–Crippen LogP) is 20.9. The fraction of sp³-hybridized carbons (Fsp3) is 0.414. The Balaban J connectivity index is 1.01. The first-order chi connectivity index (χ1) is 32.2. The van der Waals surface area contributed by atoms with Gasteiger partial charge in [0.25, 0.3) is 0 Å². The zero-order chi connectivity index (χ0) is 44.5. The van der Waals surface area contributed by atoms with Crippen molar-refractivity contribution in [2.45, 2.75) is 155 Å². The highest BCUT2D eigenvalue weighted by atomic mass is 32.1. The summed E-state index contributed by atoms with van der Waals surface area (Å²) in [6.07, 6.45) is 30.0. The molecular weight excluding hydrogens is 885 g/mol. The Bertz CT molecular complexity index is 2430. The van der Waals surface area contributed by atoms with E-state index < -0.39 is 0 Å². The molecule has 8 rings (SSSR count). The smallest absolute Gasteiger partial charge is 0.110 e. The van der Waals surface area contributed by atoms with Crippen LogP contribution in [0.5, 0.6) is 0 Å². The molecule has 0 aliphatic rings. The second kappa shape index (κ2) is 25.4. The Kier molecular flexibility index (Phi) is 18.7. The topological polar surface area (TPSA) is 25.8 Å². The molecule has 340 valence electrons. The zero-order valence-electron chi connectivity index (χ0n) is 38.9. The van der Waals surface area contributed by atoms with Crippen LogP contribution < -0.4 is 0 Å². The first-order valence-electron chi connectivity index (χ1n) is 25.0. The van der Waals surface area contributed by atoms with Crippen molar-refractivity contribution in [2.24, 2.45) is 0 Å². The van der Waals surface area contributed by atoms with Gasteiger partial charge in [0.1, 0.15) is 11.0 Å². The molecule has 0 aliphatic carbocycles. The van der Waals surface area contributed by atoms with E-state index in [1.54, 1.807) is 0 Å². The van der Waals surface area contributed by atoms with Crippen LogP contribution in [0.2, 0.25) is 0 Å². The highest BCUT2D eigenvalue weighted by Gasteiger charge is 2.24. The van der Waals surface area contributed by atoms with E-state index in [9.17, 15) is 0 Å². The van der Waals surface area contributed by atoms with Crippen molar-refractivity contribution in [1.82, 2.24) is 9.97 Å². The van der Waals surface area contributed by atoms with Gasteiger partial charge in [-0.1, -0.05) is 190 Å². The van der Waals surface area contributed by atoms with Crippen molar-refractivity contribution < 1.29 is 0 Å². The zero-order valence-corrected chi connectivity index (χ0v) is 43.0. The van der Waals surface area contributed by atoms with E-state index in [0.717, 1.165) is 33.5 Å². The highest BCUT2D eigenvalue weighted by molar-refractivity contribution is 7.30. The van der Waals surface area contributed by atoms with Crippen LogP contribution in [0.3, 0.4) is 0 Å². The van der Waals surface area contributed by atoms with Gasteiger partial charge < -0.3 is 0 Å². The summed E-state index contributed by atoms with van der Waals surface area (Å²) in [6, 6.07) is 40.0. The van der Waals surface area contributed by atoms with Gasteiger partial charge in [-0.25, -0.2) is 9.97 Å². The summed E-state index contributed by atoms with van der Waals surface area (Å²) in [5.74, 6) is 0. The highest BCUT2D eigenvalue weighted by Crippen LogP contribution is 2.50. The molecule has 8 aromatic rings. The summed E-state index contributed by atoms with van der Waals surface area (Å²) in [7, 11) is 0. The summed E-state index contributed by atoms with van der Waals surface area (Å²) < 4.78 is 0. The largest absolute Gasteiger partial charge is 0.242 e. The standard InChI is InChI=1S/C58H68N2S5/c1-3-5-7-9-11-13-15-17-19-27-33-45-35-37-47(61-45)49-39-41-51(63-49)57-55-56(60-54(44-31-25-22-26-32-44)53(59-55)43-29-23-21-24-30-43)58(65-57)52-42-40-50(64-52)48-38-36-46(62-48)34-28-20-18-16-14-12-10-8-6-4-2/h21-26,29-32,35-42H,3-20,27-28,33-34H2,1-2H3. The van der Waals surface area contributed by atoms with Crippen molar-refractivity contribution in [2.75, 3.05) is 0 Å². The molecule has 2 nitrogen and oxygen atoms in total. The third-order valence-corrected chi connectivity index (χ3v) is 19.0. The van der Waals surface area contributed by atoms with Crippen LogP contribution in [0.25, 0.3) is 72.6 Å². The van der Waals surface area contributed by atoms with Crippen molar-refractivity contribution in [3.8, 4) is 61.5 Å². The first-order valence-corrected chi connectivity index (χ1v) is 29.1. The normalized spacial score (nSPS) is 11.7. The molecule has 65 heavy (non-hydrogen) atoms.